The summed E-state index contributed by atoms with van der Waals surface area (Å²) in [6, 6.07) is 21.6. The predicted octanol–water partition coefficient (Wildman–Crippen LogP) is 4.38. The Morgan fingerprint density at radius 1 is 0.684 bits per heavy atom. The molecule has 100 valence electrons. The fourth-order valence-electron chi connectivity index (χ4n) is 2.29. The van der Waals surface area contributed by atoms with Crippen molar-refractivity contribution < 1.29 is 0 Å². The number of nitrogens with one attached hydrogen (secondary N) is 2. The molecule has 2 atom stereocenters. The average Bonchev–Trinajstić information content (AvgIpc) is 2.40. The summed E-state index contributed by atoms with van der Waals surface area (Å²) < 4.78 is 0. The lowest BCUT2D eigenvalue weighted by Gasteiger charge is -2.21. The standard InChI is InChI=1S/C17H22N2/c1-14(18-16-9-5-3-6-10-16)13-15(2)19-17-11-7-4-8-12-17/h3-12,14-15,18-19H,13H2,1-2H3/t14-,15-/m1/s1. The van der Waals surface area contributed by atoms with Crippen molar-refractivity contribution in [1.82, 2.24) is 0 Å². The minimum Gasteiger partial charge on any atom is -0.383 e. The van der Waals surface area contributed by atoms with Gasteiger partial charge in [-0.15, -0.1) is 0 Å². The van der Waals surface area contributed by atoms with E-state index in [9.17, 15) is 0 Å². The van der Waals surface area contributed by atoms with Crippen LogP contribution in [0, 0.1) is 0 Å². The van der Waals surface area contributed by atoms with Gasteiger partial charge in [0.25, 0.3) is 0 Å². The van der Waals surface area contributed by atoms with E-state index in [-0.39, 0.29) is 0 Å². The lowest BCUT2D eigenvalue weighted by molar-refractivity contribution is 0.634. The monoisotopic (exact) mass is 254 g/mol. The third-order valence-corrected chi connectivity index (χ3v) is 3.08. The molecule has 0 heterocycles. The largest absolute Gasteiger partial charge is 0.383 e. The van der Waals surface area contributed by atoms with Crippen molar-refractivity contribution in [3.8, 4) is 0 Å². The molecule has 0 aliphatic rings. The van der Waals surface area contributed by atoms with Gasteiger partial charge in [-0.25, -0.2) is 0 Å². The lowest BCUT2D eigenvalue weighted by atomic mass is 10.1. The molecule has 0 amide bonds. The molecule has 0 spiro atoms. The zero-order valence-electron chi connectivity index (χ0n) is 11.6. The summed E-state index contributed by atoms with van der Waals surface area (Å²) in [4.78, 5) is 0. The van der Waals surface area contributed by atoms with E-state index in [2.05, 4.69) is 73.0 Å². The Hall–Kier alpha value is -1.96. The average molecular weight is 254 g/mol. The molecule has 0 saturated carbocycles. The Bertz CT molecular complexity index is 422. The van der Waals surface area contributed by atoms with E-state index >= 15 is 0 Å². The van der Waals surface area contributed by atoms with E-state index in [4.69, 9.17) is 0 Å². The van der Waals surface area contributed by atoms with E-state index in [1.54, 1.807) is 0 Å². The maximum atomic E-state index is 3.52. The molecule has 0 aromatic heterocycles. The second-order valence-corrected chi connectivity index (χ2v) is 5.06. The molecule has 0 saturated heterocycles. The van der Waals surface area contributed by atoms with E-state index < -0.39 is 0 Å². The number of hydrogen-bond acceptors (Lipinski definition) is 2. The Labute approximate surface area is 115 Å². The Balaban J connectivity index is 1.80. The first-order valence-electron chi connectivity index (χ1n) is 6.87. The first-order valence-corrected chi connectivity index (χ1v) is 6.87. The van der Waals surface area contributed by atoms with Crippen molar-refractivity contribution in [3.63, 3.8) is 0 Å². The fraction of sp³-hybridized carbons (Fsp3) is 0.294. The van der Waals surface area contributed by atoms with Crippen LogP contribution in [0.15, 0.2) is 60.7 Å². The zero-order chi connectivity index (χ0) is 13.5. The number of anilines is 2. The molecule has 2 rings (SSSR count). The first kappa shape index (κ1) is 13.5. The molecule has 0 aliphatic carbocycles. The van der Waals surface area contributed by atoms with Crippen molar-refractivity contribution in [2.75, 3.05) is 10.6 Å². The number of para-hydroxylation sites is 2. The van der Waals surface area contributed by atoms with Gasteiger partial charge in [-0.1, -0.05) is 36.4 Å². The van der Waals surface area contributed by atoms with E-state index in [0.29, 0.717) is 12.1 Å². The van der Waals surface area contributed by atoms with Crippen LogP contribution in [0.3, 0.4) is 0 Å². The van der Waals surface area contributed by atoms with Gasteiger partial charge in [0.15, 0.2) is 0 Å². The number of hydrogen-bond donors (Lipinski definition) is 2. The smallest absolute Gasteiger partial charge is 0.0342 e. The van der Waals surface area contributed by atoms with Gasteiger partial charge in [-0.3, -0.25) is 0 Å². The number of benzene rings is 2. The van der Waals surface area contributed by atoms with Crippen LogP contribution in [-0.2, 0) is 0 Å². The van der Waals surface area contributed by atoms with Gasteiger partial charge in [-0.2, -0.15) is 0 Å². The first-order chi connectivity index (χ1) is 9.24. The van der Waals surface area contributed by atoms with Crippen LogP contribution in [0.4, 0.5) is 11.4 Å². The fourth-order valence-corrected chi connectivity index (χ4v) is 2.29. The summed E-state index contributed by atoms with van der Waals surface area (Å²) in [6.07, 6.45) is 1.07. The van der Waals surface area contributed by atoms with E-state index in [0.717, 1.165) is 6.42 Å². The molecule has 2 aromatic carbocycles. The van der Waals surface area contributed by atoms with Crippen molar-refractivity contribution >= 4 is 11.4 Å². The van der Waals surface area contributed by atoms with Gasteiger partial charge in [0, 0.05) is 23.5 Å². The molecule has 2 aromatic rings. The quantitative estimate of drug-likeness (QED) is 0.799. The molecule has 2 nitrogen and oxygen atoms in total. The molecule has 19 heavy (non-hydrogen) atoms. The molecule has 2 heteroatoms. The highest BCUT2D eigenvalue weighted by Crippen LogP contribution is 2.13. The Morgan fingerprint density at radius 3 is 1.42 bits per heavy atom. The normalized spacial score (nSPS) is 13.6. The Kier molecular flexibility index (Phi) is 4.85. The van der Waals surface area contributed by atoms with Crippen LogP contribution in [0.25, 0.3) is 0 Å². The molecule has 0 radical (unpaired) electrons. The summed E-state index contributed by atoms with van der Waals surface area (Å²) in [6.45, 7) is 4.44. The second-order valence-electron chi connectivity index (χ2n) is 5.06. The van der Waals surface area contributed by atoms with Crippen molar-refractivity contribution in [1.29, 1.82) is 0 Å². The van der Waals surface area contributed by atoms with Gasteiger partial charge in [0.2, 0.25) is 0 Å². The molecular formula is C17H22N2. The SMILES string of the molecule is C[C@H](C[C@@H](C)Nc1ccccc1)Nc1ccccc1. The van der Waals surface area contributed by atoms with Crippen LogP contribution >= 0.6 is 0 Å². The van der Waals surface area contributed by atoms with Crippen LogP contribution in [0.5, 0.6) is 0 Å². The highest BCUT2D eigenvalue weighted by Gasteiger charge is 2.08. The van der Waals surface area contributed by atoms with Gasteiger partial charge in [0.1, 0.15) is 0 Å². The van der Waals surface area contributed by atoms with Gasteiger partial charge < -0.3 is 10.6 Å². The lowest BCUT2D eigenvalue weighted by Crippen LogP contribution is -2.25. The highest BCUT2D eigenvalue weighted by atomic mass is 14.9. The minimum atomic E-state index is 0.439. The van der Waals surface area contributed by atoms with Crippen LogP contribution < -0.4 is 10.6 Å². The summed E-state index contributed by atoms with van der Waals surface area (Å²) in [5.74, 6) is 0. The second kappa shape index (κ2) is 6.83. The minimum absolute atomic E-state index is 0.439. The third kappa shape index (κ3) is 4.66. The van der Waals surface area contributed by atoms with E-state index in [1.807, 2.05) is 12.1 Å². The summed E-state index contributed by atoms with van der Waals surface area (Å²) in [5, 5.41) is 7.04. The van der Waals surface area contributed by atoms with Crippen molar-refractivity contribution in [2.24, 2.45) is 0 Å². The topological polar surface area (TPSA) is 24.1 Å². The molecule has 0 aliphatic heterocycles. The van der Waals surface area contributed by atoms with Crippen molar-refractivity contribution in [3.05, 3.63) is 60.7 Å². The van der Waals surface area contributed by atoms with Gasteiger partial charge in [-0.05, 0) is 44.5 Å². The summed E-state index contributed by atoms with van der Waals surface area (Å²) in [5.41, 5.74) is 2.36. The molecule has 2 N–H and O–H groups in total. The van der Waals surface area contributed by atoms with Gasteiger partial charge >= 0.3 is 0 Å². The van der Waals surface area contributed by atoms with Crippen molar-refractivity contribution in [2.45, 2.75) is 32.4 Å². The predicted molar refractivity (Wildman–Crippen MR) is 83.7 cm³/mol. The third-order valence-electron chi connectivity index (χ3n) is 3.08. The van der Waals surface area contributed by atoms with Gasteiger partial charge in [0.05, 0.1) is 0 Å². The number of rotatable bonds is 6. The van der Waals surface area contributed by atoms with Crippen LogP contribution in [-0.4, -0.2) is 12.1 Å². The maximum Gasteiger partial charge on any atom is 0.0342 e. The Morgan fingerprint density at radius 2 is 1.05 bits per heavy atom. The highest BCUT2D eigenvalue weighted by molar-refractivity contribution is 5.44. The van der Waals surface area contributed by atoms with Crippen LogP contribution in [0.1, 0.15) is 20.3 Å². The maximum absolute atomic E-state index is 3.52. The summed E-state index contributed by atoms with van der Waals surface area (Å²) >= 11 is 0. The van der Waals surface area contributed by atoms with E-state index in [1.165, 1.54) is 11.4 Å². The molecule has 0 unspecified atom stereocenters. The van der Waals surface area contributed by atoms with Crippen LogP contribution in [0.2, 0.25) is 0 Å². The molecule has 0 fully saturated rings. The summed E-state index contributed by atoms with van der Waals surface area (Å²) in [7, 11) is 0. The molecular weight excluding hydrogens is 232 g/mol. The zero-order valence-corrected chi connectivity index (χ0v) is 11.6. The molecule has 0 bridgehead atoms.